The van der Waals surface area contributed by atoms with Crippen LogP contribution in [0.15, 0.2) is 144 Å². The number of hydrogen-bond acceptors (Lipinski definition) is 13. The molecule has 0 atom stereocenters. The highest BCUT2D eigenvalue weighted by atomic mass is 36.0. The Kier molecular flexibility index (Phi) is 19.4. The van der Waals surface area contributed by atoms with Crippen LogP contribution in [0.3, 0.4) is 0 Å². The third-order valence-corrected chi connectivity index (χ3v) is 12.2. The maximum atomic E-state index is 14.0. The normalized spacial score (nSPS) is 11.1. The molecular weight excluding hydrogens is 1240 g/mol. The van der Waals surface area contributed by atoms with Crippen molar-refractivity contribution in [3.05, 3.63) is 240 Å². The van der Waals surface area contributed by atoms with Crippen molar-refractivity contribution >= 4 is 90.7 Å². The standard InChI is InChI=1S/C17H9Cl2F2N5.C17H10ClF2N5O.C17H11F2N5O.CH4.Cl3OP/c18-14-7-23-17-12(5-9-3-1-2-4-10(9)20)24-13(8-26(14)17)16-22-6-11(21)15(19)25-16;18-14-7-22-16-12(5-9-3-1-2-4-10(9)19)23-13(8-25(14)16)15-21-6-11(20)17(26)24-15;18-11-4-2-1-3-10(11)7-13-16-20-5-6-24(16)9-14(22-13)15-21-8-12(19)17(25)23-15;;1-5(2,3)4/h1-4,6-8H,5H2;1-4,6-8H,5H2,(H,21,24,26);1-6,8-9H,7H2,(H,21,23,25);1H4;. The number of aromatic amines is 2. The van der Waals surface area contributed by atoms with Crippen molar-refractivity contribution in [1.82, 2.24) is 73.0 Å². The van der Waals surface area contributed by atoms with E-state index >= 15 is 0 Å². The summed E-state index contributed by atoms with van der Waals surface area (Å²) in [6.45, 7) is 0. The van der Waals surface area contributed by atoms with E-state index in [1.165, 1.54) is 36.8 Å². The van der Waals surface area contributed by atoms with E-state index in [0.29, 0.717) is 72.4 Å². The van der Waals surface area contributed by atoms with E-state index in [1.807, 2.05) is 0 Å². The van der Waals surface area contributed by atoms with Gasteiger partial charge in [0, 0.05) is 50.2 Å². The van der Waals surface area contributed by atoms with Crippen molar-refractivity contribution in [2.45, 2.75) is 26.7 Å². The number of aromatic nitrogens is 15. The van der Waals surface area contributed by atoms with Crippen LogP contribution in [0.1, 0.15) is 41.2 Å². The summed E-state index contributed by atoms with van der Waals surface area (Å²) < 4.78 is 96.0. The number of halogens is 12. The second-order valence-corrected chi connectivity index (χ2v) is 24.6. The molecule has 9 heterocycles. The molecule has 0 aliphatic rings. The van der Waals surface area contributed by atoms with Gasteiger partial charge in [-0.05, 0) is 68.6 Å². The molecule has 18 nitrogen and oxygen atoms in total. The first-order valence-electron chi connectivity index (χ1n) is 23.1. The van der Waals surface area contributed by atoms with Crippen LogP contribution in [0, 0.1) is 34.9 Å². The molecule has 0 radical (unpaired) electrons. The molecule has 2 N–H and O–H groups in total. The van der Waals surface area contributed by atoms with Crippen molar-refractivity contribution < 1.29 is 30.9 Å². The van der Waals surface area contributed by atoms with Gasteiger partial charge in [0.05, 0.1) is 48.1 Å². The van der Waals surface area contributed by atoms with Crippen LogP contribution in [0.2, 0.25) is 15.5 Å². The number of nitrogens with one attached hydrogen (secondary N) is 2. The van der Waals surface area contributed by atoms with Gasteiger partial charge in [0.2, 0.25) is 11.6 Å². The summed E-state index contributed by atoms with van der Waals surface area (Å²) in [5.74, 6) is -3.45. The molecule has 424 valence electrons. The Morgan fingerprint density at radius 3 is 1.30 bits per heavy atom. The number of hydrogen-bond donors (Lipinski definition) is 2. The first kappa shape index (κ1) is 61.0. The first-order valence-corrected chi connectivity index (χ1v) is 28.7. The monoisotopic (exact) mass is 1270 g/mol. The Bertz CT molecular complexity index is 4520. The van der Waals surface area contributed by atoms with Gasteiger partial charge in [0.15, 0.2) is 45.4 Å². The topological polar surface area (TPSA) is 225 Å². The Hall–Kier alpha value is -8.09. The van der Waals surface area contributed by atoms with Crippen molar-refractivity contribution in [2.24, 2.45) is 0 Å². The van der Waals surface area contributed by atoms with Gasteiger partial charge < -0.3 is 14.4 Å². The van der Waals surface area contributed by atoms with E-state index in [9.17, 15) is 40.5 Å². The smallest absolute Gasteiger partial charge is 0.303 e. The molecule has 0 amide bonds. The van der Waals surface area contributed by atoms with Gasteiger partial charge in [-0.15, -0.1) is 0 Å². The summed E-state index contributed by atoms with van der Waals surface area (Å²) >= 11 is 31.9. The molecule has 0 saturated carbocycles. The van der Waals surface area contributed by atoms with Gasteiger partial charge in [-0.25, -0.2) is 67.4 Å². The molecule has 0 aliphatic heterocycles. The third-order valence-electron chi connectivity index (χ3n) is 11.4. The molecule has 0 spiro atoms. The Morgan fingerprint density at radius 2 is 0.867 bits per heavy atom. The van der Waals surface area contributed by atoms with E-state index in [-0.39, 0.29) is 72.5 Å². The summed E-state index contributed by atoms with van der Waals surface area (Å²) in [6, 6.07) is 19.1. The van der Waals surface area contributed by atoms with Crippen LogP contribution >= 0.6 is 73.7 Å². The molecule has 3 aromatic carbocycles. The van der Waals surface area contributed by atoms with Gasteiger partial charge in [-0.1, -0.05) is 96.8 Å². The van der Waals surface area contributed by atoms with Crippen LogP contribution in [0.4, 0.5) is 26.3 Å². The SMILES string of the molecule is C.Fc1ccccc1Cc1nc(-c2ncc(F)c(Cl)n2)cn2c(Cl)cnc12.O=P(Cl)(Cl)Cl.O=c1[nH]c(-c2cn3c(Cl)cnc3c(Cc3ccccc3F)n2)ncc1F.O=c1[nH]c(-c2cn3ccnc3c(Cc3ccccc3F)n2)ncc1F. The van der Waals surface area contributed by atoms with E-state index < -0.39 is 33.8 Å². The predicted molar refractivity (Wildman–Crippen MR) is 302 cm³/mol. The molecular formula is C52H34Cl6F6N15O3P. The summed E-state index contributed by atoms with van der Waals surface area (Å²) in [7, 11) is 0. The zero-order valence-corrected chi connectivity index (χ0v) is 46.3. The minimum atomic E-state index is -3.22. The minimum Gasteiger partial charge on any atom is -0.303 e. The molecule has 12 rings (SSSR count). The molecule has 0 bridgehead atoms. The second-order valence-electron chi connectivity index (χ2n) is 16.8. The van der Waals surface area contributed by atoms with E-state index in [4.69, 9.17) is 34.8 Å². The second kappa shape index (κ2) is 26.4. The Labute approximate surface area is 492 Å². The van der Waals surface area contributed by atoms with E-state index in [2.05, 4.69) is 93.5 Å². The Balaban J connectivity index is 0.000000155. The van der Waals surface area contributed by atoms with Crippen LogP contribution in [-0.4, -0.2) is 73.0 Å². The minimum absolute atomic E-state index is 0. The summed E-state index contributed by atoms with van der Waals surface area (Å²) in [5, 5.41) is -2.89. The molecule has 0 unspecified atom stereocenters. The van der Waals surface area contributed by atoms with Gasteiger partial charge in [0.1, 0.15) is 44.8 Å². The van der Waals surface area contributed by atoms with E-state index in [1.54, 1.807) is 92.6 Å². The fourth-order valence-electron chi connectivity index (χ4n) is 7.69. The number of nitrogens with zero attached hydrogens (tertiary/aromatic N) is 13. The van der Waals surface area contributed by atoms with Crippen LogP contribution in [-0.2, 0) is 23.8 Å². The fourth-order valence-corrected chi connectivity index (χ4v) is 8.17. The van der Waals surface area contributed by atoms with Gasteiger partial charge in [-0.2, -0.15) is 8.78 Å². The highest BCUT2D eigenvalue weighted by Crippen LogP contribution is 2.61. The van der Waals surface area contributed by atoms with Crippen molar-refractivity contribution in [1.29, 1.82) is 0 Å². The number of benzene rings is 3. The largest absolute Gasteiger partial charge is 0.339 e. The van der Waals surface area contributed by atoms with Crippen LogP contribution in [0.25, 0.3) is 51.5 Å². The number of imidazole rings is 3. The Morgan fingerprint density at radius 1 is 0.470 bits per heavy atom. The van der Waals surface area contributed by atoms with E-state index in [0.717, 1.165) is 18.6 Å². The third kappa shape index (κ3) is 14.9. The summed E-state index contributed by atoms with van der Waals surface area (Å²) in [5.41, 5.74) is 3.37. The highest BCUT2D eigenvalue weighted by molar-refractivity contribution is 8.24. The maximum Gasteiger partial charge on any atom is 0.339 e. The van der Waals surface area contributed by atoms with Crippen molar-refractivity contribution in [2.75, 3.05) is 0 Å². The average Bonchev–Trinajstić information content (AvgIpc) is 4.40. The van der Waals surface area contributed by atoms with Crippen LogP contribution in [0.5, 0.6) is 0 Å². The maximum absolute atomic E-state index is 14.0. The quantitative estimate of drug-likeness (QED) is 0.0780. The number of fused-ring (bicyclic) bond motifs is 3. The first-order chi connectivity index (χ1) is 39.2. The number of rotatable bonds is 9. The molecule has 83 heavy (non-hydrogen) atoms. The molecule has 12 aromatic rings. The lowest BCUT2D eigenvalue weighted by Crippen LogP contribution is -2.13. The van der Waals surface area contributed by atoms with Gasteiger partial charge in [0.25, 0.3) is 11.1 Å². The lowest BCUT2D eigenvalue weighted by atomic mass is 10.1. The predicted octanol–water partition coefficient (Wildman–Crippen LogP) is 13.2. The van der Waals surface area contributed by atoms with Gasteiger partial charge in [-0.3, -0.25) is 23.0 Å². The summed E-state index contributed by atoms with van der Waals surface area (Å²) in [6.07, 6.45) is 14.1. The molecule has 0 aliphatic carbocycles. The van der Waals surface area contributed by atoms with Gasteiger partial charge >= 0.3 is 5.20 Å². The zero-order chi connectivity index (χ0) is 58.4. The van der Waals surface area contributed by atoms with Crippen molar-refractivity contribution in [3.63, 3.8) is 0 Å². The lowest BCUT2D eigenvalue weighted by Gasteiger charge is -2.08. The molecule has 0 fully saturated rings. The lowest BCUT2D eigenvalue weighted by molar-refractivity contribution is 0.599. The van der Waals surface area contributed by atoms with Crippen molar-refractivity contribution in [3.8, 4) is 34.6 Å². The van der Waals surface area contributed by atoms with Crippen LogP contribution < -0.4 is 11.1 Å². The fraction of sp³-hybridized carbons (Fsp3) is 0.0769. The zero-order valence-electron chi connectivity index (χ0n) is 40.8. The molecule has 9 aromatic heterocycles. The highest BCUT2D eigenvalue weighted by Gasteiger charge is 2.19. The number of H-pyrrole nitrogens is 2. The average molecular weight is 1270 g/mol. The summed E-state index contributed by atoms with van der Waals surface area (Å²) in [4.78, 5) is 69.2. The molecule has 31 heteroatoms. The molecule has 0 saturated heterocycles.